The Kier molecular flexibility index (Phi) is 7.31. The molecule has 0 unspecified atom stereocenters. The summed E-state index contributed by atoms with van der Waals surface area (Å²) in [5.74, 6) is -1.18. The van der Waals surface area contributed by atoms with Crippen LogP contribution < -0.4 is 4.31 Å². The third kappa shape index (κ3) is 5.06. The minimum absolute atomic E-state index is 0.0144. The molecule has 1 heterocycles. The number of sulfonamides is 1. The van der Waals surface area contributed by atoms with Crippen molar-refractivity contribution in [1.82, 2.24) is 0 Å². The number of hydrogen-bond acceptors (Lipinski definition) is 4. The summed E-state index contributed by atoms with van der Waals surface area (Å²) in [4.78, 5) is 28.0. The van der Waals surface area contributed by atoms with Crippen molar-refractivity contribution in [3.05, 3.63) is 156 Å². The van der Waals surface area contributed by atoms with Gasteiger partial charge in [-0.2, -0.15) is 0 Å². The molecule has 5 aromatic rings. The second-order valence-corrected chi connectivity index (χ2v) is 12.3. The highest BCUT2D eigenvalue weighted by Crippen LogP contribution is 2.47. The van der Waals surface area contributed by atoms with E-state index in [-0.39, 0.29) is 22.9 Å². The molecule has 2 atom stereocenters. The lowest BCUT2D eigenvalue weighted by molar-refractivity contribution is 0.0930. The predicted molar refractivity (Wildman–Crippen MR) is 165 cm³/mol. The monoisotopic (exact) mass is 571 g/mol. The SMILES string of the molecule is Cc1ccc(S(=O)(=O)N2c3ccccc3[C@@H](CC(=O)c3ccccc3)[C@H]2C(=O)c2ccc(-c3ccccc3)cc2)cc1. The van der Waals surface area contributed by atoms with Gasteiger partial charge in [0.1, 0.15) is 6.04 Å². The van der Waals surface area contributed by atoms with E-state index in [4.69, 9.17) is 0 Å². The lowest BCUT2D eigenvalue weighted by atomic mass is 9.85. The summed E-state index contributed by atoms with van der Waals surface area (Å²) in [6.45, 7) is 1.89. The summed E-state index contributed by atoms with van der Waals surface area (Å²) in [6.07, 6.45) is -0.0144. The molecule has 1 aliphatic rings. The molecule has 5 aromatic carbocycles. The van der Waals surface area contributed by atoms with Gasteiger partial charge in [0, 0.05) is 23.5 Å². The van der Waals surface area contributed by atoms with Crippen molar-refractivity contribution in [1.29, 1.82) is 0 Å². The number of aryl methyl sites for hydroxylation is 1. The molecular weight excluding hydrogens is 542 g/mol. The van der Waals surface area contributed by atoms with E-state index >= 15 is 0 Å². The molecule has 0 N–H and O–H groups in total. The van der Waals surface area contributed by atoms with Crippen LogP contribution in [0.15, 0.2) is 138 Å². The van der Waals surface area contributed by atoms with Crippen LogP contribution in [0.5, 0.6) is 0 Å². The van der Waals surface area contributed by atoms with Gasteiger partial charge in [-0.05, 0) is 41.8 Å². The fourth-order valence-corrected chi connectivity index (χ4v) is 7.34. The Morgan fingerprint density at radius 2 is 1.21 bits per heavy atom. The summed E-state index contributed by atoms with van der Waals surface area (Å²) in [6, 6.07) is 38.5. The van der Waals surface area contributed by atoms with E-state index < -0.39 is 22.0 Å². The summed E-state index contributed by atoms with van der Waals surface area (Å²) >= 11 is 0. The van der Waals surface area contributed by atoms with E-state index in [9.17, 15) is 18.0 Å². The number of Topliss-reactive ketones (excluding diaryl/α,β-unsaturated/α-hetero) is 2. The number of para-hydroxylation sites is 1. The Balaban J connectivity index is 1.46. The fourth-order valence-electron chi connectivity index (χ4n) is 5.67. The smallest absolute Gasteiger partial charge is 0.265 e. The van der Waals surface area contributed by atoms with E-state index in [1.165, 1.54) is 4.31 Å². The summed E-state index contributed by atoms with van der Waals surface area (Å²) in [5.41, 5.74) is 4.87. The predicted octanol–water partition coefficient (Wildman–Crippen LogP) is 7.48. The highest BCUT2D eigenvalue weighted by atomic mass is 32.2. The molecule has 0 saturated heterocycles. The molecule has 0 radical (unpaired) electrons. The maximum atomic E-state index is 14.4. The van der Waals surface area contributed by atoms with Crippen molar-refractivity contribution < 1.29 is 18.0 Å². The Bertz CT molecular complexity index is 1850. The highest BCUT2D eigenvalue weighted by Gasteiger charge is 2.49. The zero-order valence-electron chi connectivity index (χ0n) is 23.1. The molecule has 208 valence electrons. The molecule has 0 amide bonds. The average Bonchev–Trinajstić information content (AvgIpc) is 3.36. The molecular formula is C36H29NO4S. The van der Waals surface area contributed by atoms with Crippen LogP contribution in [0.4, 0.5) is 5.69 Å². The van der Waals surface area contributed by atoms with E-state index in [2.05, 4.69) is 0 Å². The molecule has 6 rings (SSSR count). The van der Waals surface area contributed by atoms with Crippen molar-refractivity contribution in [2.45, 2.75) is 30.2 Å². The van der Waals surface area contributed by atoms with Crippen molar-refractivity contribution in [3.8, 4) is 11.1 Å². The highest BCUT2D eigenvalue weighted by molar-refractivity contribution is 7.93. The van der Waals surface area contributed by atoms with E-state index in [0.717, 1.165) is 16.7 Å². The van der Waals surface area contributed by atoms with E-state index in [1.54, 1.807) is 72.8 Å². The van der Waals surface area contributed by atoms with Crippen LogP contribution in [0.1, 0.15) is 44.2 Å². The number of nitrogens with zero attached hydrogens (tertiary/aromatic N) is 1. The first kappa shape index (κ1) is 27.4. The maximum absolute atomic E-state index is 14.4. The van der Waals surface area contributed by atoms with Crippen molar-refractivity contribution in [2.24, 2.45) is 0 Å². The molecule has 1 aliphatic heterocycles. The van der Waals surface area contributed by atoms with Crippen LogP contribution >= 0.6 is 0 Å². The molecule has 0 spiro atoms. The molecule has 6 heteroatoms. The number of carbonyl (C=O) groups is 2. The van der Waals surface area contributed by atoms with E-state index in [0.29, 0.717) is 22.4 Å². The van der Waals surface area contributed by atoms with Gasteiger partial charge in [0.05, 0.1) is 10.6 Å². The normalized spacial score (nSPS) is 16.2. The Hall–Kier alpha value is -4.81. The standard InChI is InChI=1S/C36H29NO4S/c1-25-16-22-30(23-17-25)42(40,41)37-33-15-9-8-14-31(33)32(24-34(38)28-12-6-3-7-13-28)35(37)36(39)29-20-18-27(19-21-29)26-10-4-2-5-11-26/h2-23,32,35H,24H2,1H3/t32-,35+/m1/s1. The van der Waals surface area contributed by atoms with Gasteiger partial charge >= 0.3 is 0 Å². The lowest BCUT2D eigenvalue weighted by Gasteiger charge is -2.29. The second kappa shape index (κ2) is 11.2. The van der Waals surface area contributed by atoms with Crippen molar-refractivity contribution >= 4 is 27.3 Å². The van der Waals surface area contributed by atoms with Gasteiger partial charge in [-0.25, -0.2) is 8.42 Å². The van der Waals surface area contributed by atoms with Crippen LogP contribution in [0, 0.1) is 6.92 Å². The topological polar surface area (TPSA) is 71.5 Å². The summed E-state index contributed by atoms with van der Waals surface area (Å²) < 4.78 is 29.8. The Labute approximate surface area is 246 Å². The number of ketones is 2. The Morgan fingerprint density at radius 3 is 1.88 bits per heavy atom. The van der Waals surface area contributed by atoms with Gasteiger partial charge in [0.15, 0.2) is 11.6 Å². The largest absolute Gasteiger partial charge is 0.294 e. The molecule has 0 fully saturated rings. The zero-order valence-corrected chi connectivity index (χ0v) is 23.9. The summed E-state index contributed by atoms with van der Waals surface area (Å²) in [7, 11) is -4.15. The summed E-state index contributed by atoms with van der Waals surface area (Å²) in [5, 5.41) is 0. The van der Waals surface area contributed by atoms with Gasteiger partial charge in [0.25, 0.3) is 10.0 Å². The van der Waals surface area contributed by atoms with Crippen molar-refractivity contribution in [3.63, 3.8) is 0 Å². The molecule has 0 saturated carbocycles. The average molecular weight is 572 g/mol. The van der Waals surface area contributed by atoms with Crippen LogP contribution in [0.3, 0.4) is 0 Å². The number of fused-ring (bicyclic) bond motifs is 1. The van der Waals surface area contributed by atoms with Gasteiger partial charge in [-0.15, -0.1) is 0 Å². The number of anilines is 1. The number of rotatable bonds is 8. The first-order valence-electron chi connectivity index (χ1n) is 13.8. The van der Waals surface area contributed by atoms with Gasteiger partial charge in [-0.1, -0.05) is 121 Å². The maximum Gasteiger partial charge on any atom is 0.265 e. The van der Waals surface area contributed by atoms with E-state index in [1.807, 2.05) is 67.6 Å². The van der Waals surface area contributed by atoms with Gasteiger partial charge < -0.3 is 0 Å². The second-order valence-electron chi connectivity index (χ2n) is 10.5. The molecule has 0 bridgehead atoms. The van der Waals surface area contributed by atoms with Gasteiger partial charge in [-0.3, -0.25) is 13.9 Å². The minimum Gasteiger partial charge on any atom is -0.294 e. The number of benzene rings is 5. The Morgan fingerprint density at radius 1 is 0.643 bits per heavy atom. The first-order chi connectivity index (χ1) is 20.3. The third-order valence-electron chi connectivity index (χ3n) is 7.83. The van der Waals surface area contributed by atoms with Crippen LogP contribution in [-0.2, 0) is 10.0 Å². The minimum atomic E-state index is -4.15. The van der Waals surface area contributed by atoms with Crippen LogP contribution in [-0.4, -0.2) is 26.0 Å². The molecule has 42 heavy (non-hydrogen) atoms. The van der Waals surface area contributed by atoms with Gasteiger partial charge in [0.2, 0.25) is 0 Å². The molecule has 0 aliphatic carbocycles. The van der Waals surface area contributed by atoms with Crippen LogP contribution in [0.2, 0.25) is 0 Å². The lowest BCUT2D eigenvalue weighted by Crippen LogP contribution is -2.45. The molecule has 5 nitrogen and oxygen atoms in total. The molecule has 0 aromatic heterocycles. The first-order valence-corrected chi connectivity index (χ1v) is 15.3. The van der Waals surface area contributed by atoms with Crippen LogP contribution in [0.25, 0.3) is 11.1 Å². The fraction of sp³-hybridized carbons (Fsp3) is 0.111. The van der Waals surface area contributed by atoms with Crippen molar-refractivity contribution in [2.75, 3.05) is 4.31 Å². The number of hydrogen-bond donors (Lipinski definition) is 0. The zero-order chi connectivity index (χ0) is 29.3. The quantitative estimate of drug-likeness (QED) is 0.181. The number of carbonyl (C=O) groups excluding carboxylic acids is 2. The third-order valence-corrected chi connectivity index (χ3v) is 9.64.